The minimum Gasteiger partial charge on any atom is -0.490 e. The number of nitrogens with zero attached hydrogens (tertiary/aromatic N) is 1. The van der Waals surface area contributed by atoms with E-state index in [2.05, 4.69) is 6.92 Å². The molecule has 1 atom stereocenters. The molecular weight excluding hydrogens is 402 g/mol. The number of hydrogen-bond acceptors (Lipinski definition) is 5. The summed E-state index contributed by atoms with van der Waals surface area (Å²) in [6.45, 7) is 7.17. The molecule has 1 aliphatic rings. The molecule has 1 saturated heterocycles. The molecular formula is C23H25NO3S2. The number of amides is 1. The molecule has 152 valence electrons. The lowest BCUT2D eigenvalue weighted by atomic mass is 10.1. The summed E-state index contributed by atoms with van der Waals surface area (Å²) in [5.41, 5.74) is 1.94. The molecule has 1 amide bonds. The predicted molar refractivity (Wildman–Crippen MR) is 123 cm³/mol. The van der Waals surface area contributed by atoms with E-state index < -0.39 is 0 Å². The highest BCUT2D eigenvalue weighted by atomic mass is 32.2. The van der Waals surface area contributed by atoms with Crippen molar-refractivity contribution in [3.05, 3.63) is 64.6 Å². The Kier molecular flexibility index (Phi) is 7.34. The molecule has 0 aliphatic carbocycles. The first-order valence-corrected chi connectivity index (χ1v) is 11.0. The summed E-state index contributed by atoms with van der Waals surface area (Å²) in [4.78, 5) is 15.3. The Bertz CT molecular complexity index is 912. The van der Waals surface area contributed by atoms with Crippen molar-refractivity contribution in [2.75, 3.05) is 13.2 Å². The smallest absolute Gasteiger partial charge is 0.266 e. The van der Waals surface area contributed by atoms with Gasteiger partial charge >= 0.3 is 0 Å². The number of carbonyl (C=O) groups is 1. The summed E-state index contributed by atoms with van der Waals surface area (Å²) < 4.78 is 12.0. The Hall–Kier alpha value is -2.31. The van der Waals surface area contributed by atoms with Crippen LogP contribution in [-0.4, -0.2) is 28.3 Å². The van der Waals surface area contributed by atoms with E-state index in [4.69, 9.17) is 21.7 Å². The van der Waals surface area contributed by atoms with Gasteiger partial charge in [-0.2, -0.15) is 0 Å². The first-order chi connectivity index (χ1) is 14.0. The fourth-order valence-corrected chi connectivity index (χ4v) is 4.48. The largest absolute Gasteiger partial charge is 0.490 e. The quantitative estimate of drug-likeness (QED) is 0.391. The fraction of sp³-hybridized carbons (Fsp3) is 0.304. The Balaban J connectivity index is 1.84. The van der Waals surface area contributed by atoms with Gasteiger partial charge in [0.2, 0.25) is 0 Å². The van der Waals surface area contributed by atoms with Crippen LogP contribution < -0.4 is 9.47 Å². The van der Waals surface area contributed by atoms with E-state index in [0.717, 1.165) is 23.3 Å². The molecule has 2 aromatic rings. The van der Waals surface area contributed by atoms with Crippen LogP contribution in [0.25, 0.3) is 6.08 Å². The fourth-order valence-electron chi connectivity index (χ4n) is 3.06. The number of benzene rings is 2. The average molecular weight is 428 g/mol. The Morgan fingerprint density at radius 3 is 2.55 bits per heavy atom. The Morgan fingerprint density at radius 1 is 1.10 bits per heavy atom. The summed E-state index contributed by atoms with van der Waals surface area (Å²) in [6.07, 6.45) is 2.79. The predicted octanol–water partition coefficient (Wildman–Crippen LogP) is 5.84. The molecule has 4 nitrogen and oxygen atoms in total. The van der Waals surface area contributed by atoms with Crippen LogP contribution in [0.5, 0.6) is 11.5 Å². The van der Waals surface area contributed by atoms with Crippen LogP contribution in [-0.2, 0) is 4.79 Å². The van der Waals surface area contributed by atoms with Gasteiger partial charge < -0.3 is 9.47 Å². The molecule has 0 aromatic heterocycles. The summed E-state index contributed by atoms with van der Waals surface area (Å²) >= 11 is 6.84. The van der Waals surface area contributed by atoms with Gasteiger partial charge in [-0.3, -0.25) is 9.69 Å². The van der Waals surface area contributed by atoms with E-state index in [1.165, 1.54) is 11.8 Å². The molecule has 0 radical (unpaired) electrons. The number of carbonyl (C=O) groups excluding carboxylic acids is 1. The normalized spacial score (nSPS) is 16.4. The molecule has 1 fully saturated rings. The van der Waals surface area contributed by atoms with E-state index in [1.54, 1.807) is 4.90 Å². The average Bonchev–Trinajstić information content (AvgIpc) is 3.00. The van der Waals surface area contributed by atoms with Crippen molar-refractivity contribution in [2.24, 2.45) is 0 Å². The summed E-state index contributed by atoms with van der Waals surface area (Å²) in [7, 11) is 0. The maximum atomic E-state index is 13.0. The topological polar surface area (TPSA) is 38.8 Å². The van der Waals surface area contributed by atoms with Crippen molar-refractivity contribution in [3.8, 4) is 11.5 Å². The maximum Gasteiger partial charge on any atom is 0.266 e. The van der Waals surface area contributed by atoms with Crippen molar-refractivity contribution in [3.63, 3.8) is 0 Å². The van der Waals surface area contributed by atoms with Crippen molar-refractivity contribution in [1.29, 1.82) is 0 Å². The van der Waals surface area contributed by atoms with Gasteiger partial charge in [-0.1, -0.05) is 67.3 Å². The number of hydrogen-bond donors (Lipinski definition) is 0. The van der Waals surface area contributed by atoms with Crippen molar-refractivity contribution in [2.45, 2.75) is 33.2 Å². The maximum absolute atomic E-state index is 13.0. The molecule has 1 heterocycles. The lowest BCUT2D eigenvalue weighted by molar-refractivity contribution is -0.123. The standard InChI is InChI=1S/C23H25NO3S2/c1-4-13-27-19-12-11-17(14-20(19)26-5-2)15-21-22(25)24(23(28)29-21)16(3)18-9-7-6-8-10-18/h6-12,14-16H,4-5,13H2,1-3H3/b21-15-/t16-/m1/s1. The van der Waals surface area contributed by atoms with E-state index in [9.17, 15) is 4.79 Å². The highest BCUT2D eigenvalue weighted by Gasteiger charge is 2.35. The zero-order valence-corrected chi connectivity index (χ0v) is 18.5. The van der Waals surface area contributed by atoms with Crippen LogP contribution >= 0.6 is 24.0 Å². The third kappa shape index (κ3) is 5.00. The second-order valence-electron chi connectivity index (χ2n) is 6.63. The number of ether oxygens (including phenoxy) is 2. The molecule has 1 aliphatic heterocycles. The SMILES string of the molecule is CCCOc1ccc(/C=C2\SC(=S)N([C@H](C)c3ccccc3)C2=O)cc1OCC. The highest BCUT2D eigenvalue weighted by Crippen LogP contribution is 2.39. The summed E-state index contributed by atoms with van der Waals surface area (Å²) in [6, 6.07) is 15.5. The molecule has 0 spiro atoms. The lowest BCUT2D eigenvalue weighted by Gasteiger charge is -2.23. The second-order valence-corrected chi connectivity index (χ2v) is 8.30. The van der Waals surface area contributed by atoms with Gasteiger partial charge in [0.1, 0.15) is 4.32 Å². The van der Waals surface area contributed by atoms with E-state index >= 15 is 0 Å². The van der Waals surface area contributed by atoms with Gasteiger partial charge in [0.05, 0.1) is 24.2 Å². The van der Waals surface area contributed by atoms with Crippen LogP contribution in [0, 0.1) is 0 Å². The molecule has 0 saturated carbocycles. The van der Waals surface area contributed by atoms with Crippen LogP contribution in [0.15, 0.2) is 53.4 Å². The van der Waals surface area contributed by atoms with Crippen LogP contribution in [0.1, 0.15) is 44.4 Å². The third-order valence-electron chi connectivity index (χ3n) is 4.52. The van der Waals surface area contributed by atoms with Gasteiger partial charge in [-0.25, -0.2) is 0 Å². The second kappa shape index (κ2) is 9.94. The minimum atomic E-state index is -0.113. The van der Waals surface area contributed by atoms with Crippen LogP contribution in [0.4, 0.5) is 0 Å². The number of thiocarbonyl (C=S) groups is 1. The highest BCUT2D eigenvalue weighted by molar-refractivity contribution is 8.26. The van der Waals surface area contributed by atoms with Gasteiger partial charge in [0.15, 0.2) is 11.5 Å². The van der Waals surface area contributed by atoms with Crippen molar-refractivity contribution < 1.29 is 14.3 Å². The van der Waals surface area contributed by atoms with E-state index in [1.807, 2.05) is 68.5 Å². The first-order valence-electron chi connectivity index (χ1n) is 9.76. The molecule has 0 bridgehead atoms. The minimum absolute atomic E-state index is 0.0689. The van der Waals surface area contributed by atoms with Crippen molar-refractivity contribution >= 4 is 40.3 Å². The molecule has 2 aromatic carbocycles. The van der Waals surface area contributed by atoms with Crippen LogP contribution in [0.2, 0.25) is 0 Å². The van der Waals surface area contributed by atoms with Gasteiger partial charge in [0.25, 0.3) is 5.91 Å². The van der Waals surface area contributed by atoms with Gasteiger partial charge in [0, 0.05) is 0 Å². The Morgan fingerprint density at radius 2 is 1.86 bits per heavy atom. The van der Waals surface area contributed by atoms with Gasteiger partial charge in [-0.05, 0) is 49.6 Å². The van der Waals surface area contributed by atoms with Crippen molar-refractivity contribution in [1.82, 2.24) is 4.90 Å². The molecule has 29 heavy (non-hydrogen) atoms. The molecule has 0 unspecified atom stereocenters. The van der Waals surface area contributed by atoms with Gasteiger partial charge in [-0.15, -0.1) is 0 Å². The number of thioether (sulfide) groups is 1. The molecule has 0 N–H and O–H groups in total. The Labute approximate surface area is 181 Å². The summed E-state index contributed by atoms with van der Waals surface area (Å²) in [5, 5.41) is 0. The lowest BCUT2D eigenvalue weighted by Crippen LogP contribution is -2.30. The van der Waals surface area contributed by atoms with E-state index in [0.29, 0.717) is 28.2 Å². The zero-order valence-electron chi connectivity index (χ0n) is 16.9. The van der Waals surface area contributed by atoms with Crippen LogP contribution in [0.3, 0.4) is 0 Å². The zero-order chi connectivity index (χ0) is 20.8. The number of rotatable bonds is 8. The first kappa shape index (κ1) is 21.4. The van der Waals surface area contributed by atoms with E-state index in [-0.39, 0.29) is 11.9 Å². The monoisotopic (exact) mass is 427 g/mol. The molecule has 6 heteroatoms. The molecule has 3 rings (SSSR count). The summed E-state index contributed by atoms with van der Waals surface area (Å²) in [5.74, 6) is 1.33. The third-order valence-corrected chi connectivity index (χ3v) is 5.85.